The standard InChI is InChI=1S/C12H13NO3/c1-8(14)13-10(7-12(15)16)6-9-4-2-3-5-11(9)13/h2-5,10H,6-7H2,1H3,(H,15,16)/t10-/m0/s1. The molecule has 1 aliphatic rings. The summed E-state index contributed by atoms with van der Waals surface area (Å²) in [6, 6.07) is 7.32. The van der Waals surface area contributed by atoms with E-state index in [2.05, 4.69) is 0 Å². The van der Waals surface area contributed by atoms with Crippen LogP contribution in [0.3, 0.4) is 0 Å². The van der Waals surface area contributed by atoms with Crippen molar-refractivity contribution in [2.75, 3.05) is 4.90 Å². The van der Waals surface area contributed by atoms with Gasteiger partial charge in [-0.05, 0) is 18.1 Å². The average molecular weight is 219 g/mol. The molecule has 16 heavy (non-hydrogen) atoms. The second-order valence-electron chi connectivity index (χ2n) is 3.97. The van der Waals surface area contributed by atoms with E-state index in [-0.39, 0.29) is 18.4 Å². The topological polar surface area (TPSA) is 57.6 Å². The van der Waals surface area contributed by atoms with Gasteiger partial charge in [-0.3, -0.25) is 9.59 Å². The number of hydrogen-bond donors (Lipinski definition) is 1. The van der Waals surface area contributed by atoms with Crippen LogP contribution in [0.25, 0.3) is 0 Å². The number of amides is 1. The van der Waals surface area contributed by atoms with Gasteiger partial charge in [0.05, 0.1) is 12.5 Å². The molecule has 1 heterocycles. The highest BCUT2D eigenvalue weighted by Crippen LogP contribution is 2.33. The summed E-state index contributed by atoms with van der Waals surface area (Å²) in [5.41, 5.74) is 1.89. The molecule has 1 aliphatic heterocycles. The lowest BCUT2D eigenvalue weighted by atomic mass is 10.1. The Morgan fingerprint density at radius 2 is 2.12 bits per heavy atom. The van der Waals surface area contributed by atoms with Gasteiger partial charge in [-0.25, -0.2) is 0 Å². The smallest absolute Gasteiger partial charge is 0.305 e. The van der Waals surface area contributed by atoms with Crippen LogP contribution in [0.2, 0.25) is 0 Å². The number of anilines is 1. The predicted molar refractivity (Wildman–Crippen MR) is 59.3 cm³/mol. The number of hydrogen-bond acceptors (Lipinski definition) is 2. The fourth-order valence-electron chi connectivity index (χ4n) is 2.25. The lowest BCUT2D eigenvalue weighted by molar-refractivity contribution is -0.137. The molecule has 4 heteroatoms. The van der Waals surface area contributed by atoms with Gasteiger partial charge in [-0.2, -0.15) is 0 Å². The molecule has 1 aromatic rings. The van der Waals surface area contributed by atoms with Crippen LogP contribution in [0.4, 0.5) is 5.69 Å². The second kappa shape index (κ2) is 3.96. The lowest BCUT2D eigenvalue weighted by Gasteiger charge is -2.22. The third-order valence-corrected chi connectivity index (χ3v) is 2.82. The van der Waals surface area contributed by atoms with Crippen LogP contribution in [0.1, 0.15) is 18.9 Å². The molecule has 1 N–H and O–H groups in total. The van der Waals surface area contributed by atoms with Gasteiger partial charge in [0.25, 0.3) is 0 Å². The Kier molecular flexibility index (Phi) is 2.64. The highest BCUT2D eigenvalue weighted by molar-refractivity contribution is 5.95. The molecular weight excluding hydrogens is 206 g/mol. The molecule has 0 bridgehead atoms. The quantitative estimate of drug-likeness (QED) is 0.818. The molecule has 1 aromatic carbocycles. The van der Waals surface area contributed by atoms with Crippen molar-refractivity contribution in [1.29, 1.82) is 0 Å². The molecule has 4 nitrogen and oxygen atoms in total. The highest BCUT2D eigenvalue weighted by Gasteiger charge is 2.32. The first kappa shape index (κ1) is 10.7. The number of carbonyl (C=O) groups excluding carboxylic acids is 1. The Labute approximate surface area is 93.5 Å². The normalized spacial score (nSPS) is 18.3. The maximum atomic E-state index is 11.5. The van der Waals surface area contributed by atoms with Crippen molar-refractivity contribution in [2.45, 2.75) is 25.8 Å². The number of carboxylic acid groups (broad SMARTS) is 1. The van der Waals surface area contributed by atoms with Gasteiger partial charge in [0, 0.05) is 12.6 Å². The molecule has 0 unspecified atom stereocenters. The zero-order valence-electron chi connectivity index (χ0n) is 9.01. The van der Waals surface area contributed by atoms with Crippen molar-refractivity contribution in [1.82, 2.24) is 0 Å². The van der Waals surface area contributed by atoms with E-state index in [1.54, 1.807) is 4.90 Å². The minimum Gasteiger partial charge on any atom is -0.481 e. The number of fused-ring (bicyclic) bond motifs is 1. The number of carboxylic acids is 1. The van der Waals surface area contributed by atoms with E-state index in [0.29, 0.717) is 6.42 Å². The van der Waals surface area contributed by atoms with E-state index >= 15 is 0 Å². The number of benzene rings is 1. The predicted octanol–water partition coefficient (Wildman–Crippen LogP) is 1.44. The van der Waals surface area contributed by atoms with Gasteiger partial charge < -0.3 is 10.0 Å². The molecule has 0 radical (unpaired) electrons. The number of para-hydroxylation sites is 1. The van der Waals surface area contributed by atoms with Crippen LogP contribution in [0.5, 0.6) is 0 Å². The lowest BCUT2D eigenvalue weighted by Crippen LogP contribution is -2.37. The van der Waals surface area contributed by atoms with Gasteiger partial charge in [0.2, 0.25) is 5.91 Å². The SMILES string of the molecule is CC(=O)N1c2ccccc2C[C@H]1CC(=O)O. The van der Waals surface area contributed by atoms with E-state index in [1.165, 1.54) is 6.92 Å². The maximum absolute atomic E-state index is 11.5. The summed E-state index contributed by atoms with van der Waals surface area (Å²) in [6.07, 6.45) is 0.621. The molecule has 0 aliphatic carbocycles. The van der Waals surface area contributed by atoms with E-state index < -0.39 is 5.97 Å². The Bertz CT molecular complexity index is 442. The first-order valence-corrected chi connectivity index (χ1v) is 5.19. The van der Waals surface area contributed by atoms with Crippen LogP contribution in [0, 0.1) is 0 Å². The minimum absolute atomic E-state index is 0.00569. The largest absolute Gasteiger partial charge is 0.481 e. The molecule has 84 valence electrons. The van der Waals surface area contributed by atoms with Gasteiger partial charge in [0.1, 0.15) is 0 Å². The molecule has 2 rings (SSSR count). The first-order chi connectivity index (χ1) is 7.59. The molecule has 0 saturated heterocycles. The minimum atomic E-state index is -0.871. The van der Waals surface area contributed by atoms with Gasteiger partial charge in [-0.1, -0.05) is 18.2 Å². The van der Waals surface area contributed by atoms with E-state index in [4.69, 9.17) is 5.11 Å². The number of nitrogens with zero attached hydrogens (tertiary/aromatic N) is 1. The van der Waals surface area contributed by atoms with E-state index in [9.17, 15) is 9.59 Å². The Morgan fingerprint density at radius 3 is 2.75 bits per heavy atom. The zero-order valence-corrected chi connectivity index (χ0v) is 9.01. The van der Waals surface area contributed by atoms with Gasteiger partial charge in [-0.15, -0.1) is 0 Å². The Morgan fingerprint density at radius 1 is 1.44 bits per heavy atom. The average Bonchev–Trinajstić information content (AvgIpc) is 2.53. The molecule has 0 saturated carbocycles. The number of rotatable bonds is 2. The molecule has 1 amide bonds. The van der Waals surface area contributed by atoms with Crippen LogP contribution < -0.4 is 4.90 Å². The van der Waals surface area contributed by atoms with Crippen molar-refractivity contribution in [3.63, 3.8) is 0 Å². The van der Waals surface area contributed by atoms with Crippen molar-refractivity contribution in [2.24, 2.45) is 0 Å². The summed E-state index contributed by atoms with van der Waals surface area (Å²) >= 11 is 0. The zero-order chi connectivity index (χ0) is 11.7. The maximum Gasteiger partial charge on any atom is 0.305 e. The molecule has 0 aromatic heterocycles. The van der Waals surface area contributed by atoms with E-state index in [0.717, 1.165) is 11.3 Å². The summed E-state index contributed by atoms with van der Waals surface area (Å²) < 4.78 is 0. The fraction of sp³-hybridized carbons (Fsp3) is 0.333. The highest BCUT2D eigenvalue weighted by atomic mass is 16.4. The Balaban J connectivity index is 2.33. The van der Waals surface area contributed by atoms with Crippen LogP contribution in [0.15, 0.2) is 24.3 Å². The van der Waals surface area contributed by atoms with Gasteiger partial charge in [0.15, 0.2) is 0 Å². The fourth-order valence-corrected chi connectivity index (χ4v) is 2.25. The summed E-state index contributed by atoms with van der Waals surface area (Å²) in [7, 11) is 0. The summed E-state index contributed by atoms with van der Waals surface area (Å²) in [5, 5.41) is 8.81. The summed E-state index contributed by atoms with van der Waals surface area (Å²) in [5.74, 6) is -0.972. The van der Waals surface area contributed by atoms with Gasteiger partial charge >= 0.3 is 5.97 Å². The van der Waals surface area contributed by atoms with E-state index in [1.807, 2.05) is 24.3 Å². The first-order valence-electron chi connectivity index (χ1n) is 5.19. The van der Waals surface area contributed by atoms with Crippen LogP contribution >= 0.6 is 0 Å². The monoisotopic (exact) mass is 219 g/mol. The Hall–Kier alpha value is -1.84. The number of aliphatic carboxylic acids is 1. The molecule has 0 spiro atoms. The third-order valence-electron chi connectivity index (χ3n) is 2.82. The second-order valence-corrected chi connectivity index (χ2v) is 3.97. The van der Waals surface area contributed by atoms with Crippen LogP contribution in [-0.2, 0) is 16.0 Å². The molecule has 0 fully saturated rings. The van der Waals surface area contributed by atoms with Crippen molar-refractivity contribution in [3.05, 3.63) is 29.8 Å². The van der Waals surface area contributed by atoms with Crippen molar-refractivity contribution >= 4 is 17.6 Å². The number of carbonyl (C=O) groups is 2. The third kappa shape index (κ3) is 1.78. The van der Waals surface area contributed by atoms with Crippen molar-refractivity contribution in [3.8, 4) is 0 Å². The van der Waals surface area contributed by atoms with Crippen molar-refractivity contribution < 1.29 is 14.7 Å². The molecule has 1 atom stereocenters. The molecular formula is C12H13NO3. The summed E-state index contributed by atoms with van der Waals surface area (Å²) in [6.45, 7) is 1.47. The summed E-state index contributed by atoms with van der Waals surface area (Å²) in [4.78, 5) is 23.9. The van der Waals surface area contributed by atoms with Crippen LogP contribution in [-0.4, -0.2) is 23.0 Å².